The summed E-state index contributed by atoms with van der Waals surface area (Å²) in [6.07, 6.45) is 2.81. The van der Waals surface area contributed by atoms with E-state index in [0.717, 1.165) is 38.4 Å². The lowest BCUT2D eigenvalue weighted by molar-refractivity contribution is -0.892. The van der Waals surface area contributed by atoms with Crippen LogP contribution in [0.5, 0.6) is 0 Å². The van der Waals surface area contributed by atoms with Crippen LogP contribution in [0.2, 0.25) is 0 Å². The van der Waals surface area contributed by atoms with Crippen LogP contribution in [0.25, 0.3) is 0 Å². The first-order valence-electron chi connectivity index (χ1n) is 8.72. The molecular formula is C17H29N5O2+2. The number of carbonyl (C=O) groups is 2. The van der Waals surface area contributed by atoms with Gasteiger partial charge < -0.3 is 15.5 Å². The smallest absolute Gasteiger partial charge is 0.275 e. The molecule has 2 heterocycles. The molecule has 1 atom stereocenters. The van der Waals surface area contributed by atoms with E-state index in [0.29, 0.717) is 13.1 Å². The van der Waals surface area contributed by atoms with E-state index >= 15 is 0 Å². The Hall–Kier alpha value is -2.15. The molecule has 1 aromatic heterocycles. The molecule has 0 aliphatic carbocycles. The minimum absolute atomic E-state index is 0.0659. The van der Waals surface area contributed by atoms with E-state index in [1.54, 1.807) is 6.92 Å². The van der Waals surface area contributed by atoms with Gasteiger partial charge in [-0.05, 0) is 19.4 Å². The summed E-state index contributed by atoms with van der Waals surface area (Å²) in [5.74, 6) is 0.927. The molecule has 0 spiro atoms. The number of aromatic nitrogens is 1. The number of H-pyrrole nitrogens is 1. The zero-order chi connectivity index (χ0) is 17.4. The van der Waals surface area contributed by atoms with Gasteiger partial charge in [0.05, 0.1) is 6.20 Å². The molecule has 132 valence electrons. The molecule has 24 heavy (non-hydrogen) atoms. The SMILES string of the molecule is CCCNC(=O)[C@@H](C)NC(=O)C[NH+]1CCN(c2cccc[nH+]2)CC1. The molecule has 2 amide bonds. The monoisotopic (exact) mass is 335 g/mol. The van der Waals surface area contributed by atoms with Crippen molar-refractivity contribution in [3.05, 3.63) is 24.4 Å². The molecule has 0 aromatic carbocycles. The number of anilines is 1. The molecule has 1 aliphatic heterocycles. The highest BCUT2D eigenvalue weighted by molar-refractivity contribution is 5.87. The van der Waals surface area contributed by atoms with E-state index in [-0.39, 0.29) is 11.8 Å². The fraction of sp³-hybridized carbons (Fsp3) is 0.588. The second kappa shape index (κ2) is 9.22. The third kappa shape index (κ3) is 5.49. The average molecular weight is 335 g/mol. The van der Waals surface area contributed by atoms with Gasteiger partial charge >= 0.3 is 0 Å². The number of piperazine rings is 1. The Balaban J connectivity index is 1.71. The van der Waals surface area contributed by atoms with E-state index in [4.69, 9.17) is 0 Å². The van der Waals surface area contributed by atoms with Crippen molar-refractivity contribution in [2.75, 3.05) is 44.2 Å². The third-order valence-corrected chi connectivity index (χ3v) is 4.23. The molecule has 1 fully saturated rings. The zero-order valence-electron chi connectivity index (χ0n) is 14.6. The summed E-state index contributed by atoms with van der Waals surface area (Å²) in [6, 6.07) is 5.56. The molecule has 2 rings (SSSR count). The molecular weight excluding hydrogens is 306 g/mol. The number of carbonyl (C=O) groups excluding carboxylic acids is 2. The number of quaternary nitrogens is 1. The number of rotatable bonds is 7. The number of nitrogens with zero attached hydrogens (tertiary/aromatic N) is 1. The zero-order valence-corrected chi connectivity index (χ0v) is 14.6. The van der Waals surface area contributed by atoms with Crippen molar-refractivity contribution < 1.29 is 19.5 Å². The maximum atomic E-state index is 12.1. The average Bonchev–Trinajstić information content (AvgIpc) is 2.61. The van der Waals surface area contributed by atoms with Crippen molar-refractivity contribution >= 4 is 17.6 Å². The van der Waals surface area contributed by atoms with Gasteiger partial charge in [0, 0.05) is 12.6 Å². The molecule has 0 unspecified atom stereocenters. The highest BCUT2D eigenvalue weighted by atomic mass is 16.2. The first kappa shape index (κ1) is 18.2. The summed E-state index contributed by atoms with van der Waals surface area (Å²) in [4.78, 5) is 30.7. The Bertz CT molecular complexity index is 529. The molecule has 1 aliphatic rings. The van der Waals surface area contributed by atoms with Gasteiger partial charge in [0.15, 0.2) is 6.54 Å². The Morgan fingerprint density at radius 3 is 2.71 bits per heavy atom. The van der Waals surface area contributed by atoms with Crippen molar-refractivity contribution in [1.29, 1.82) is 0 Å². The number of aromatic amines is 1. The van der Waals surface area contributed by atoms with Gasteiger partial charge in [0.2, 0.25) is 5.91 Å². The molecule has 0 radical (unpaired) electrons. The second-order valence-corrected chi connectivity index (χ2v) is 6.24. The maximum absolute atomic E-state index is 12.1. The van der Waals surface area contributed by atoms with E-state index in [1.807, 2.05) is 25.3 Å². The summed E-state index contributed by atoms with van der Waals surface area (Å²) in [6.45, 7) is 8.42. The summed E-state index contributed by atoms with van der Waals surface area (Å²) in [5.41, 5.74) is 0. The van der Waals surface area contributed by atoms with E-state index < -0.39 is 6.04 Å². The van der Waals surface area contributed by atoms with Crippen molar-refractivity contribution in [2.45, 2.75) is 26.3 Å². The van der Waals surface area contributed by atoms with E-state index in [1.165, 1.54) is 4.90 Å². The third-order valence-electron chi connectivity index (χ3n) is 4.23. The minimum Gasteiger partial charge on any atom is -0.354 e. The Morgan fingerprint density at radius 2 is 2.08 bits per heavy atom. The number of hydrogen-bond acceptors (Lipinski definition) is 3. The first-order chi connectivity index (χ1) is 11.6. The molecule has 0 saturated carbocycles. The topological polar surface area (TPSA) is 80.0 Å². The van der Waals surface area contributed by atoms with Crippen LogP contribution in [0.15, 0.2) is 24.4 Å². The minimum atomic E-state index is -0.483. The predicted molar refractivity (Wildman–Crippen MR) is 91.7 cm³/mol. The van der Waals surface area contributed by atoms with Gasteiger partial charge in [-0.25, -0.2) is 4.98 Å². The van der Waals surface area contributed by atoms with Crippen LogP contribution >= 0.6 is 0 Å². The summed E-state index contributed by atoms with van der Waals surface area (Å²) in [7, 11) is 0. The van der Waals surface area contributed by atoms with Gasteiger partial charge in [-0.2, -0.15) is 0 Å². The quantitative estimate of drug-likeness (QED) is 0.552. The lowest BCUT2D eigenvalue weighted by Gasteiger charge is -2.28. The van der Waals surface area contributed by atoms with Crippen LogP contribution < -0.4 is 25.4 Å². The summed E-state index contributed by atoms with van der Waals surface area (Å²) in [5, 5.41) is 5.58. The molecule has 7 heteroatoms. The normalized spacial score (nSPS) is 16.5. The predicted octanol–water partition coefficient (Wildman–Crippen LogP) is -1.76. The van der Waals surface area contributed by atoms with Crippen LogP contribution in [0, 0.1) is 0 Å². The second-order valence-electron chi connectivity index (χ2n) is 6.24. The van der Waals surface area contributed by atoms with Crippen molar-refractivity contribution in [3.8, 4) is 0 Å². The fourth-order valence-corrected chi connectivity index (χ4v) is 2.81. The van der Waals surface area contributed by atoms with Crippen LogP contribution in [0.1, 0.15) is 20.3 Å². The van der Waals surface area contributed by atoms with Gasteiger partial charge in [-0.1, -0.05) is 13.0 Å². The van der Waals surface area contributed by atoms with Crippen LogP contribution in [-0.4, -0.2) is 57.1 Å². The van der Waals surface area contributed by atoms with Crippen molar-refractivity contribution in [3.63, 3.8) is 0 Å². The highest BCUT2D eigenvalue weighted by Gasteiger charge is 2.27. The van der Waals surface area contributed by atoms with Crippen molar-refractivity contribution in [1.82, 2.24) is 10.6 Å². The number of nitrogens with one attached hydrogen (secondary N) is 4. The summed E-state index contributed by atoms with van der Waals surface area (Å²) >= 11 is 0. The summed E-state index contributed by atoms with van der Waals surface area (Å²) < 4.78 is 0. The molecule has 7 nitrogen and oxygen atoms in total. The fourth-order valence-electron chi connectivity index (χ4n) is 2.81. The molecule has 1 saturated heterocycles. The maximum Gasteiger partial charge on any atom is 0.275 e. The standard InChI is InChI=1S/C17H27N5O2/c1-3-7-19-17(24)14(2)20-16(23)13-21-9-11-22(12-10-21)15-6-4-5-8-18-15/h4-6,8,14H,3,7,9-13H2,1-2H3,(H,19,24)(H,20,23)/p+2/t14-/m1/s1. The molecule has 4 N–H and O–H groups in total. The van der Waals surface area contributed by atoms with Gasteiger partial charge in [-0.3, -0.25) is 14.5 Å². The van der Waals surface area contributed by atoms with Crippen LogP contribution in [0.3, 0.4) is 0 Å². The Labute approximate surface area is 143 Å². The van der Waals surface area contributed by atoms with Crippen molar-refractivity contribution in [2.24, 2.45) is 0 Å². The molecule has 0 bridgehead atoms. The van der Waals surface area contributed by atoms with Gasteiger partial charge in [0.25, 0.3) is 11.7 Å². The Kier molecular flexibility index (Phi) is 6.99. The first-order valence-corrected chi connectivity index (χ1v) is 8.72. The van der Waals surface area contributed by atoms with Gasteiger partial charge in [-0.15, -0.1) is 0 Å². The van der Waals surface area contributed by atoms with Gasteiger partial charge in [0.1, 0.15) is 32.2 Å². The van der Waals surface area contributed by atoms with Crippen LogP contribution in [0.4, 0.5) is 5.82 Å². The number of pyridine rings is 1. The van der Waals surface area contributed by atoms with E-state index in [9.17, 15) is 9.59 Å². The number of amides is 2. The Morgan fingerprint density at radius 1 is 1.33 bits per heavy atom. The highest BCUT2D eigenvalue weighted by Crippen LogP contribution is 2.04. The lowest BCUT2D eigenvalue weighted by atomic mass is 10.2. The van der Waals surface area contributed by atoms with Crippen LogP contribution in [-0.2, 0) is 9.59 Å². The largest absolute Gasteiger partial charge is 0.354 e. The van der Waals surface area contributed by atoms with E-state index in [2.05, 4.69) is 26.6 Å². The number of hydrogen-bond donors (Lipinski definition) is 3. The molecule has 1 aromatic rings. The lowest BCUT2D eigenvalue weighted by Crippen LogP contribution is -3.16.